The maximum atomic E-state index is 13.3. The fourth-order valence-electron chi connectivity index (χ4n) is 3.71. The Kier molecular flexibility index (Phi) is 6.69. The van der Waals surface area contributed by atoms with Crippen LogP contribution in [0.15, 0.2) is 66.0 Å². The number of halogens is 3. The zero-order valence-electron chi connectivity index (χ0n) is 17.8. The molecule has 2 aromatic carbocycles. The summed E-state index contributed by atoms with van der Waals surface area (Å²) < 4.78 is 39.8. The van der Waals surface area contributed by atoms with Crippen molar-refractivity contribution in [2.45, 2.75) is 6.18 Å². The molecule has 34 heavy (non-hydrogen) atoms. The number of carbonyl (C=O) groups is 3. The molecule has 1 aromatic heterocycles. The Morgan fingerprint density at radius 1 is 0.824 bits per heavy atom. The molecule has 0 saturated carbocycles. The van der Waals surface area contributed by atoms with Crippen LogP contribution < -0.4 is 5.32 Å². The molecule has 0 unspecified atom stereocenters. The van der Waals surface area contributed by atoms with E-state index in [4.69, 9.17) is 0 Å². The summed E-state index contributed by atoms with van der Waals surface area (Å²) in [6.45, 7) is 0.603. The highest BCUT2D eigenvalue weighted by Crippen LogP contribution is 2.32. The molecular formula is C24H20F3N3O3S. The summed E-state index contributed by atoms with van der Waals surface area (Å²) in [5.41, 5.74) is -0.531. The van der Waals surface area contributed by atoms with Gasteiger partial charge in [-0.1, -0.05) is 24.3 Å². The highest BCUT2D eigenvalue weighted by molar-refractivity contribution is 7.12. The summed E-state index contributed by atoms with van der Waals surface area (Å²) in [7, 11) is 0. The normalized spacial score (nSPS) is 14.1. The Hall–Kier alpha value is -3.66. The van der Waals surface area contributed by atoms with E-state index in [1.165, 1.54) is 34.4 Å². The highest BCUT2D eigenvalue weighted by Gasteiger charge is 2.36. The number of hydrogen-bond acceptors (Lipinski definition) is 4. The summed E-state index contributed by atoms with van der Waals surface area (Å²) >= 11 is 1.30. The first-order chi connectivity index (χ1) is 16.2. The van der Waals surface area contributed by atoms with E-state index in [-0.39, 0.29) is 38.0 Å². The molecule has 176 valence electrons. The minimum atomic E-state index is -4.63. The molecule has 2 heterocycles. The van der Waals surface area contributed by atoms with Crippen molar-refractivity contribution in [2.24, 2.45) is 0 Å². The number of alkyl halides is 3. The summed E-state index contributed by atoms with van der Waals surface area (Å²) in [5.74, 6) is -1.26. The molecule has 0 aliphatic carbocycles. The first-order valence-corrected chi connectivity index (χ1v) is 11.3. The number of rotatable bonds is 4. The van der Waals surface area contributed by atoms with Gasteiger partial charge in [-0.15, -0.1) is 11.3 Å². The van der Waals surface area contributed by atoms with Crippen LogP contribution in [0, 0.1) is 0 Å². The van der Waals surface area contributed by atoms with Crippen molar-refractivity contribution in [2.75, 3.05) is 31.5 Å². The van der Waals surface area contributed by atoms with Gasteiger partial charge in [-0.2, -0.15) is 13.2 Å². The van der Waals surface area contributed by atoms with E-state index in [1.807, 2.05) is 0 Å². The number of hydrogen-bond donors (Lipinski definition) is 1. The maximum absolute atomic E-state index is 13.3. The van der Waals surface area contributed by atoms with Crippen LogP contribution in [0.25, 0.3) is 0 Å². The molecule has 0 bridgehead atoms. The van der Waals surface area contributed by atoms with Crippen LogP contribution in [-0.2, 0) is 6.18 Å². The fraction of sp³-hybridized carbons (Fsp3) is 0.208. The van der Waals surface area contributed by atoms with Crippen molar-refractivity contribution in [1.29, 1.82) is 0 Å². The zero-order chi connectivity index (χ0) is 24.3. The summed E-state index contributed by atoms with van der Waals surface area (Å²) in [4.78, 5) is 41.4. The second-order valence-electron chi connectivity index (χ2n) is 7.64. The van der Waals surface area contributed by atoms with E-state index in [0.29, 0.717) is 16.1 Å². The van der Waals surface area contributed by atoms with Gasteiger partial charge in [0.05, 0.1) is 16.0 Å². The van der Waals surface area contributed by atoms with E-state index in [1.54, 1.807) is 46.7 Å². The molecule has 1 aliphatic rings. The molecule has 3 aromatic rings. The average molecular weight is 488 g/mol. The first kappa shape index (κ1) is 23.5. The third kappa shape index (κ3) is 5.12. The molecule has 3 amide bonds. The quantitative estimate of drug-likeness (QED) is 0.584. The van der Waals surface area contributed by atoms with Crippen molar-refractivity contribution < 1.29 is 27.6 Å². The van der Waals surface area contributed by atoms with Gasteiger partial charge in [-0.3, -0.25) is 14.4 Å². The number of carbonyl (C=O) groups excluding carboxylic acids is 3. The second kappa shape index (κ2) is 9.68. The molecule has 10 heteroatoms. The predicted molar refractivity (Wildman–Crippen MR) is 122 cm³/mol. The van der Waals surface area contributed by atoms with Gasteiger partial charge in [0.25, 0.3) is 17.7 Å². The van der Waals surface area contributed by atoms with E-state index >= 15 is 0 Å². The standard InChI is InChI=1S/C24H20F3N3O3S/c25-24(26,27)19-8-2-1-7-18(19)23(33)30-12-10-29(11-13-30)22(32)16-5-3-6-17(15-16)28-21(31)20-9-4-14-34-20/h1-9,14-15H,10-13H2,(H,28,31). The third-order valence-electron chi connectivity index (χ3n) is 5.43. The van der Waals surface area contributed by atoms with Gasteiger partial charge in [-0.25, -0.2) is 0 Å². The van der Waals surface area contributed by atoms with Gasteiger partial charge in [0, 0.05) is 37.4 Å². The van der Waals surface area contributed by atoms with Crippen LogP contribution in [0.2, 0.25) is 0 Å². The lowest BCUT2D eigenvalue weighted by Crippen LogP contribution is -2.50. The van der Waals surface area contributed by atoms with E-state index in [0.717, 1.165) is 6.07 Å². The van der Waals surface area contributed by atoms with Crippen molar-refractivity contribution in [3.63, 3.8) is 0 Å². The predicted octanol–water partition coefficient (Wildman–Crippen LogP) is 4.62. The van der Waals surface area contributed by atoms with Gasteiger partial charge in [-0.05, 0) is 41.8 Å². The van der Waals surface area contributed by atoms with Crippen LogP contribution >= 0.6 is 11.3 Å². The lowest BCUT2D eigenvalue weighted by Gasteiger charge is -2.35. The zero-order valence-corrected chi connectivity index (χ0v) is 18.7. The van der Waals surface area contributed by atoms with Gasteiger partial charge < -0.3 is 15.1 Å². The topological polar surface area (TPSA) is 69.7 Å². The molecule has 0 spiro atoms. The number of benzene rings is 2. The molecule has 0 atom stereocenters. The fourth-order valence-corrected chi connectivity index (χ4v) is 4.33. The number of amides is 3. The second-order valence-corrected chi connectivity index (χ2v) is 8.59. The van der Waals surface area contributed by atoms with Crippen LogP contribution in [0.3, 0.4) is 0 Å². The average Bonchev–Trinajstić information content (AvgIpc) is 3.38. The van der Waals surface area contributed by atoms with Crippen LogP contribution in [0.1, 0.15) is 36.0 Å². The number of thiophene rings is 1. The molecule has 1 saturated heterocycles. The van der Waals surface area contributed by atoms with Crippen molar-refractivity contribution in [1.82, 2.24) is 9.80 Å². The number of nitrogens with one attached hydrogen (secondary N) is 1. The van der Waals surface area contributed by atoms with E-state index in [2.05, 4.69) is 5.32 Å². The van der Waals surface area contributed by atoms with Gasteiger partial charge in [0.1, 0.15) is 0 Å². The minimum Gasteiger partial charge on any atom is -0.335 e. The summed E-state index contributed by atoms with van der Waals surface area (Å²) in [5, 5.41) is 4.55. The maximum Gasteiger partial charge on any atom is 0.417 e. The monoisotopic (exact) mass is 487 g/mol. The van der Waals surface area contributed by atoms with E-state index in [9.17, 15) is 27.6 Å². The molecular weight excluding hydrogens is 467 g/mol. The van der Waals surface area contributed by atoms with Crippen molar-refractivity contribution in [3.05, 3.63) is 87.6 Å². The molecule has 0 radical (unpaired) electrons. The molecule has 1 aliphatic heterocycles. The smallest absolute Gasteiger partial charge is 0.335 e. The Morgan fingerprint density at radius 2 is 1.50 bits per heavy atom. The van der Waals surface area contributed by atoms with Crippen LogP contribution in [0.4, 0.5) is 18.9 Å². The molecule has 4 rings (SSSR count). The Bertz CT molecular complexity index is 1200. The van der Waals surface area contributed by atoms with E-state index < -0.39 is 23.2 Å². The SMILES string of the molecule is O=C(Nc1cccc(C(=O)N2CCN(C(=O)c3ccccc3C(F)(F)F)CC2)c1)c1cccs1. The minimum absolute atomic E-state index is 0.117. The third-order valence-corrected chi connectivity index (χ3v) is 6.30. The van der Waals surface area contributed by atoms with Crippen LogP contribution in [0.5, 0.6) is 0 Å². The summed E-state index contributed by atoms with van der Waals surface area (Å²) in [6, 6.07) is 14.7. The largest absolute Gasteiger partial charge is 0.417 e. The van der Waals surface area contributed by atoms with Gasteiger partial charge in [0.2, 0.25) is 0 Å². The van der Waals surface area contributed by atoms with Crippen LogP contribution in [-0.4, -0.2) is 53.7 Å². The number of piperazine rings is 1. The van der Waals surface area contributed by atoms with Gasteiger partial charge >= 0.3 is 6.18 Å². The Morgan fingerprint density at radius 3 is 2.15 bits per heavy atom. The first-order valence-electron chi connectivity index (χ1n) is 10.4. The summed E-state index contributed by atoms with van der Waals surface area (Å²) in [6.07, 6.45) is -4.63. The Balaban J connectivity index is 1.40. The lowest BCUT2D eigenvalue weighted by atomic mass is 10.1. The number of nitrogens with zero attached hydrogens (tertiary/aromatic N) is 2. The molecule has 1 N–H and O–H groups in total. The Labute approximate surface area is 197 Å². The van der Waals surface area contributed by atoms with Crippen molar-refractivity contribution >= 4 is 34.7 Å². The molecule has 1 fully saturated rings. The van der Waals surface area contributed by atoms with Crippen molar-refractivity contribution in [3.8, 4) is 0 Å². The lowest BCUT2D eigenvalue weighted by molar-refractivity contribution is -0.138. The highest BCUT2D eigenvalue weighted by atomic mass is 32.1. The number of anilines is 1. The molecule has 6 nitrogen and oxygen atoms in total. The van der Waals surface area contributed by atoms with Gasteiger partial charge in [0.15, 0.2) is 0 Å².